The first-order valence-electron chi connectivity index (χ1n) is 9.18. The number of carbonyl (C=O) groups is 2. The highest BCUT2D eigenvalue weighted by Gasteiger charge is 2.32. The molecule has 0 saturated heterocycles. The molecule has 7 heteroatoms. The molecule has 1 heterocycles. The quantitative estimate of drug-likeness (QED) is 0.338. The van der Waals surface area contributed by atoms with Gasteiger partial charge in [0.1, 0.15) is 5.00 Å². The van der Waals surface area contributed by atoms with E-state index >= 15 is 0 Å². The number of nitrogens with one attached hydrogen (secondary N) is 2. The number of thiophene rings is 1. The topological polar surface area (TPSA) is 104 Å². The third kappa shape index (κ3) is 4.67. The molecule has 3 rings (SSSR count). The van der Waals surface area contributed by atoms with Gasteiger partial charge in [0.2, 0.25) is 5.91 Å². The van der Waals surface area contributed by atoms with Crippen molar-refractivity contribution in [2.45, 2.75) is 39.7 Å². The smallest absolute Gasteiger partial charge is 0.339 e. The Morgan fingerprint density at radius 1 is 1.29 bits per heavy atom. The maximum absolute atomic E-state index is 12.4. The number of amides is 1. The highest BCUT2D eigenvalue weighted by Crippen LogP contribution is 2.43. The van der Waals surface area contributed by atoms with Crippen LogP contribution in [0, 0.1) is 5.41 Å². The summed E-state index contributed by atoms with van der Waals surface area (Å²) in [5, 5.41) is 12.9. The summed E-state index contributed by atoms with van der Waals surface area (Å²) in [6.07, 6.45) is 5.71. The van der Waals surface area contributed by atoms with Crippen LogP contribution >= 0.6 is 11.3 Å². The maximum atomic E-state index is 12.4. The minimum Gasteiger partial charge on any atom is -0.478 e. The normalized spacial score (nSPS) is 15.4. The fourth-order valence-electron chi connectivity index (χ4n) is 3.42. The molecule has 0 spiro atoms. The number of benzene rings is 1. The number of rotatable bonds is 6. The van der Waals surface area contributed by atoms with Crippen molar-refractivity contribution in [2.24, 2.45) is 11.3 Å². The molecule has 2 aromatic rings. The minimum atomic E-state index is -0.987. The van der Waals surface area contributed by atoms with E-state index in [1.54, 1.807) is 6.08 Å². The summed E-state index contributed by atoms with van der Waals surface area (Å²) in [5.74, 6) is 3.97. The summed E-state index contributed by atoms with van der Waals surface area (Å²) >= 11 is 1.38. The Bertz CT molecular complexity index is 914. The van der Waals surface area contributed by atoms with Gasteiger partial charge in [0, 0.05) is 17.5 Å². The Kier molecular flexibility index (Phi) is 5.98. The van der Waals surface area contributed by atoms with E-state index in [0.717, 1.165) is 40.8 Å². The third-order valence-electron chi connectivity index (χ3n) is 4.94. The number of carbonyl (C=O) groups excluding carboxylic acids is 1. The maximum Gasteiger partial charge on any atom is 0.339 e. The number of hydrogen-bond acceptors (Lipinski definition) is 5. The Labute approximate surface area is 168 Å². The number of fused-ring (bicyclic) bond motifs is 1. The highest BCUT2D eigenvalue weighted by atomic mass is 32.1. The molecular weight excluding hydrogens is 374 g/mol. The van der Waals surface area contributed by atoms with Gasteiger partial charge in [0.05, 0.1) is 5.56 Å². The van der Waals surface area contributed by atoms with Crippen LogP contribution in [0.1, 0.15) is 52.2 Å². The number of carboxylic acids is 1. The van der Waals surface area contributed by atoms with Crippen molar-refractivity contribution < 1.29 is 14.7 Å². The van der Waals surface area contributed by atoms with Gasteiger partial charge in [-0.15, -0.1) is 11.3 Å². The SMILES string of the molecule is CC1(C)CCc2sc(NC(=O)/C=C/c3ccc(CNN)cc3)c(C(=O)O)c2C1. The number of hydrazine groups is 1. The van der Waals surface area contributed by atoms with Crippen LogP contribution in [0.15, 0.2) is 30.3 Å². The predicted octanol–water partition coefficient (Wildman–Crippen LogP) is 3.58. The lowest BCUT2D eigenvalue weighted by molar-refractivity contribution is -0.111. The molecule has 0 radical (unpaired) electrons. The number of carboxylic acid groups (broad SMARTS) is 1. The molecule has 0 aliphatic heterocycles. The summed E-state index contributed by atoms with van der Waals surface area (Å²) in [4.78, 5) is 25.3. The zero-order valence-corrected chi connectivity index (χ0v) is 16.9. The molecule has 148 valence electrons. The van der Waals surface area contributed by atoms with Crippen LogP contribution in [-0.4, -0.2) is 17.0 Å². The summed E-state index contributed by atoms with van der Waals surface area (Å²) in [5.41, 5.74) is 5.70. The van der Waals surface area contributed by atoms with Gasteiger partial charge >= 0.3 is 5.97 Å². The molecule has 1 amide bonds. The van der Waals surface area contributed by atoms with Gasteiger partial charge < -0.3 is 10.4 Å². The van der Waals surface area contributed by atoms with Crippen molar-refractivity contribution in [3.8, 4) is 0 Å². The van der Waals surface area contributed by atoms with Crippen LogP contribution < -0.4 is 16.6 Å². The van der Waals surface area contributed by atoms with Gasteiger partial charge in [-0.05, 0) is 47.4 Å². The van der Waals surface area contributed by atoms with Crippen molar-refractivity contribution in [1.29, 1.82) is 0 Å². The second-order valence-corrected chi connectivity index (χ2v) is 8.90. The fraction of sp³-hybridized carbons (Fsp3) is 0.333. The second kappa shape index (κ2) is 8.26. The van der Waals surface area contributed by atoms with E-state index in [1.807, 2.05) is 24.3 Å². The number of aromatic carboxylic acids is 1. The zero-order chi connectivity index (χ0) is 20.3. The molecule has 0 atom stereocenters. The van der Waals surface area contributed by atoms with Gasteiger partial charge in [-0.1, -0.05) is 38.1 Å². The zero-order valence-electron chi connectivity index (χ0n) is 16.0. The van der Waals surface area contributed by atoms with E-state index in [4.69, 9.17) is 5.84 Å². The molecule has 1 aliphatic rings. The van der Waals surface area contributed by atoms with E-state index in [0.29, 0.717) is 11.5 Å². The molecule has 28 heavy (non-hydrogen) atoms. The summed E-state index contributed by atoms with van der Waals surface area (Å²) < 4.78 is 0. The highest BCUT2D eigenvalue weighted by molar-refractivity contribution is 7.17. The van der Waals surface area contributed by atoms with Gasteiger partial charge in [-0.25, -0.2) is 4.79 Å². The summed E-state index contributed by atoms with van der Waals surface area (Å²) in [6.45, 7) is 4.87. The Morgan fingerprint density at radius 3 is 2.64 bits per heavy atom. The molecule has 1 aliphatic carbocycles. The van der Waals surface area contributed by atoms with E-state index in [9.17, 15) is 14.7 Å². The Balaban J connectivity index is 1.75. The van der Waals surface area contributed by atoms with Gasteiger partial charge in [0.15, 0.2) is 0 Å². The average Bonchev–Trinajstić information content (AvgIpc) is 2.97. The first-order chi connectivity index (χ1) is 13.3. The molecule has 6 nitrogen and oxygen atoms in total. The standard InChI is InChI=1S/C21H25N3O3S/c1-21(2)10-9-16-15(11-21)18(20(26)27)19(28-16)24-17(25)8-7-13-3-5-14(6-4-13)12-23-22/h3-8,23H,9-12,22H2,1-2H3,(H,24,25)(H,26,27)/b8-7+. The van der Waals surface area contributed by atoms with Crippen molar-refractivity contribution in [3.63, 3.8) is 0 Å². The minimum absolute atomic E-state index is 0.0744. The molecule has 0 fully saturated rings. The Morgan fingerprint density at radius 2 is 2.00 bits per heavy atom. The monoisotopic (exact) mass is 399 g/mol. The largest absolute Gasteiger partial charge is 0.478 e. The van der Waals surface area contributed by atoms with Crippen molar-refractivity contribution in [2.75, 3.05) is 5.32 Å². The second-order valence-electron chi connectivity index (χ2n) is 7.80. The average molecular weight is 400 g/mol. The van der Waals surface area contributed by atoms with Crippen molar-refractivity contribution in [3.05, 3.63) is 57.5 Å². The molecule has 5 N–H and O–H groups in total. The molecule has 0 saturated carbocycles. The van der Waals surface area contributed by atoms with Crippen LogP contribution in [0.3, 0.4) is 0 Å². The van der Waals surface area contributed by atoms with E-state index in [-0.39, 0.29) is 16.9 Å². The fourth-order valence-corrected chi connectivity index (χ4v) is 4.64. The van der Waals surface area contributed by atoms with Crippen LogP contribution in [0.5, 0.6) is 0 Å². The van der Waals surface area contributed by atoms with Crippen LogP contribution in [0.4, 0.5) is 5.00 Å². The lowest BCUT2D eigenvalue weighted by Gasteiger charge is -2.29. The first kappa shape index (κ1) is 20.3. The summed E-state index contributed by atoms with van der Waals surface area (Å²) in [7, 11) is 0. The van der Waals surface area contributed by atoms with Crippen LogP contribution in [0.2, 0.25) is 0 Å². The van der Waals surface area contributed by atoms with Crippen molar-refractivity contribution in [1.82, 2.24) is 5.43 Å². The van der Waals surface area contributed by atoms with Crippen molar-refractivity contribution >= 4 is 34.3 Å². The van der Waals surface area contributed by atoms with E-state index in [2.05, 4.69) is 24.6 Å². The van der Waals surface area contributed by atoms with Gasteiger partial charge in [0.25, 0.3) is 0 Å². The van der Waals surface area contributed by atoms with Gasteiger partial charge in [-0.2, -0.15) is 0 Å². The summed E-state index contributed by atoms with van der Waals surface area (Å²) in [6, 6.07) is 7.64. The van der Waals surface area contributed by atoms with Crippen LogP contribution in [-0.2, 0) is 24.2 Å². The van der Waals surface area contributed by atoms with E-state index < -0.39 is 5.97 Å². The lowest BCUT2D eigenvalue weighted by Crippen LogP contribution is -2.22. The van der Waals surface area contributed by atoms with E-state index in [1.165, 1.54) is 17.4 Å². The molecule has 1 aromatic heterocycles. The Hall–Kier alpha value is -2.48. The number of nitrogens with two attached hydrogens (primary N) is 1. The molecular formula is C21H25N3O3S. The molecule has 1 aromatic carbocycles. The third-order valence-corrected chi connectivity index (χ3v) is 6.15. The van der Waals surface area contributed by atoms with Gasteiger partial charge in [-0.3, -0.25) is 16.1 Å². The first-order valence-corrected chi connectivity index (χ1v) is 10.00. The molecule has 0 unspecified atom stereocenters. The molecule has 0 bridgehead atoms. The lowest BCUT2D eigenvalue weighted by atomic mass is 9.76. The number of hydrogen-bond donors (Lipinski definition) is 4. The number of anilines is 1. The van der Waals surface area contributed by atoms with Crippen LogP contribution in [0.25, 0.3) is 6.08 Å². The predicted molar refractivity (Wildman–Crippen MR) is 112 cm³/mol. The number of aryl methyl sites for hydroxylation is 1.